The highest BCUT2D eigenvalue weighted by Crippen LogP contribution is 2.43. The lowest BCUT2D eigenvalue weighted by atomic mass is 9.75. The first-order chi connectivity index (χ1) is 9.66. The summed E-state index contributed by atoms with van der Waals surface area (Å²) in [5, 5.41) is 12.0. The molecule has 3 rings (SSSR count). The van der Waals surface area contributed by atoms with Crippen LogP contribution < -0.4 is 0 Å². The average molecular weight is 266 g/mol. The van der Waals surface area contributed by atoms with Crippen molar-refractivity contribution in [2.75, 3.05) is 27.3 Å². The Hall–Kier alpha value is -1.89. The lowest BCUT2D eigenvalue weighted by Crippen LogP contribution is -2.50. The van der Waals surface area contributed by atoms with Crippen molar-refractivity contribution >= 4 is 10.8 Å². The first kappa shape index (κ1) is 13.1. The van der Waals surface area contributed by atoms with E-state index in [0.717, 1.165) is 0 Å². The lowest BCUT2D eigenvalue weighted by molar-refractivity contribution is -0.115. The van der Waals surface area contributed by atoms with Crippen LogP contribution in [-0.4, -0.2) is 32.2 Å². The maximum Gasteiger partial charge on any atom is 0.123 e. The van der Waals surface area contributed by atoms with Crippen LogP contribution in [0.1, 0.15) is 11.6 Å². The molecule has 0 spiro atoms. The molecule has 1 saturated heterocycles. The summed E-state index contributed by atoms with van der Waals surface area (Å²) in [6, 6.07) is 17.3. The van der Waals surface area contributed by atoms with Gasteiger partial charge in [-0.15, -0.1) is 0 Å². The van der Waals surface area contributed by atoms with Gasteiger partial charge in [0.05, 0.1) is 25.3 Å². The summed E-state index contributed by atoms with van der Waals surface area (Å²) in [4.78, 5) is 2.12. The standard InChI is InChI=1S/C17H18N2O/c1-19(2)16(17(10-18)11-20-12-17)15-8-7-13-5-3-4-6-14(13)9-15/h3-9,16H,11-12H2,1-2H3. The van der Waals surface area contributed by atoms with Gasteiger partial charge in [0.15, 0.2) is 0 Å². The molecule has 1 unspecified atom stereocenters. The molecule has 1 fully saturated rings. The van der Waals surface area contributed by atoms with Gasteiger partial charge >= 0.3 is 0 Å². The van der Waals surface area contributed by atoms with E-state index in [1.54, 1.807) is 0 Å². The zero-order chi connectivity index (χ0) is 14.2. The van der Waals surface area contributed by atoms with Gasteiger partial charge < -0.3 is 9.64 Å². The Morgan fingerprint density at radius 2 is 1.85 bits per heavy atom. The molecule has 2 aromatic carbocycles. The molecule has 2 aromatic rings. The second-order valence-electron chi connectivity index (χ2n) is 5.73. The van der Waals surface area contributed by atoms with Crippen molar-refractivity contribution in [2.45, 2.75) is 6.04 Å². The SMILES string of the molecule is CN(C)C(c1ccc2ccccc2c1)C1(C#N)COC1. The van der Waals surface area contributed by atoms with E-state index in [2.05, 4.69) is 41.3 Å². The Balaban J connectivity index is 2.08. The van der Waals surface area contributed by atoms with Gasteiger partial charge in [-0.25, -0.2) is 0 Å². The minimum Gasteiger partial charge on any atom is -0.378 e. The number of rotatable bonds is 3. The molecule has 0 saturated carbocycles. The largest absolute Gasteiger partial charge is 0.378 e. The predicted octanol–water partition coefficient (Wildman–Crippen LogP) is 2.98. The van der Waals surface area contributed by atoms with Gasteiger partial charge in [-0.2, -0.15) is 5.26 Å². The van der Waals surface area contributed by atoms with Crippen LogP contribution in [0.25, 0.3) is 10.8 Å². The zero-order valence-electron chi connectivity index (χ0n) is 11.8. The number of nitriles is 1. The Kier molecular flexibility index (Phi) is 3.21. The van der Waals surface area contributed by atoms with Crippen LogP contribution in [-0.2, 0) is 4.74 Å². The molecule has 1 aliphatic rings. The molecule has 1 heterocycles. The summed E-state index contributed by atoms with van der Waals surface area (Å²) >= 11 is 0. The number of benzene rings is 2. The lowest BCUT2D eigenvalue weighted by Gasteiger charge is -2.44. The van der Waals surface area contributed by atoms with E-state index in [-0.39, 0.29) is 6.04 Å². The molecule has 3 nitrogen and oxygen atoms in total. The first-order valence-electron chi connectivity index (χ1n) is 6.80. The van der Waals surface area contributed by atoms with Gasteiger partial charge in [0, 0.05) is 0 Å². The molecule has 102 valence electrons. The highest BCUT2D eigenvalue weighted by atomic mass is 16.5. The summed E-state index contributed by atoms with van der Waals surface area (Å²) in [5.41, 5.74) is 0.755. The van der Waals surface area contributed by atoms with Crippen molar-refractivity contribution < 1.29 is 4.74 Å². The molecular weight excluding hydrogens is 248 g/mol. The monoisotopic (exact) mass is 266 g/mol. The molecule has 3 heteroatoms. The topological polar surface area (TPSA) is 36.3 Å². The van der Waals surface area contributed by atoms with Gasteiger partial charge in [0.25, 0.3) is 0 Å². The van der Waals surface area contributed by atoms with E-state index in [9.17, 15) is 5.26 Å². The summed E-state index contributed by atoms with van der Waals surface area (Å²) in [6.45, 7) is 1.03. The molecule has 1 atom stereocenters. The summed E-state index contributed by atoms with van der Waals surface area (Å²) in [7, 11) is 4.05. The number of fused-ring (bicyclic) bond motifs is 1. The molecule has 0 bridgehead atoms. The third-order valence-electron chi connectivity index (χ3n) is 4.07. The van der Waals surface area contributed by atoms with Crippen molar-refractivity contribution in [2.24, 2.45) is 5.41 Å². The molecule has 0 aromatic heterocycles. The van der Waals surface area contributed by atoms with E-state index in [1.165, 1.54) is 16.3 Å². The molecule has 20 heavy (non-hydrogen) atoms. The van der Waals surface area contributed by atoms with Gasteiger partial charge in [-0.1, -0.05) is 36.4 Å². The van der Waals surface area contributed by atoms with Gasteiger partial charge in [-0.05, 0) is 36.5 Å². The van der Waals surface area contributed by atoms with Crippen LogP contribution in [0.5, 0.6) is 0 Å². The highest BCUT2D eigenvalue weighted by molar-refractivity contribution is 5.83. The summed E-state index contributed by atoms with van der Waals surface area (Å²) in [6.07, 6.45) is 0. The predicted molar refractivity (Wildman–Crippen MR) is 79.2 cm³/mol. The Bertz CT molecular complexity index is 668. The van der Waals surface area contributed by atoms with E-state index in [1.807, 2.05) is 26.2 Å². The summed E-state index contributed by atoms with van der Waals surface area (Å²) in [5.74, 6) is 0. The van der Waals surface area contributed by atoms with Crippen molar-refractivity contribution in [3.63, 3.8) is 0 Å². The van der Waals surface area contributed by atoms with Crippen molar-refractivity contribution in [3.05, 3.63) is 48.0 Å². The van der Waals surface area contributed by atoms with Crippen LogP contribution >= 0.6 is 0 Å². The number of hydrogen-bond donors (Lipinski definition) is 0. The fourth-order valence-electron chi connectivity index (χ4n) is 3.09. The molecular formula is C17H18N2O. The van der Waals surface area contributed by atoms with Gasteiger partial charge in [-0.3, -0.25) is 0 Å². The minimum absolute atomic E-state index is 0.0610. The molecule has 0 radical (unpaired) electrons. The van der Waals surface area contributed by atoms with Crippen molar-refractivity contribution in [3.8, 4) is 6.07 Å². The number of ether oxygens (including phenoxy) is 1. The molecule has 0 N–H and O–H groups in total. The Morgan fingerprint density at radius 1 is 1.15 bits per heavy atom. The first-order valence-corrected chi connectivity index (χ1v) is 6.80. The van der Waals surface area contributed by atoms with Gasteiger partial charge in [0.1, 0.15) is 5.41 Å². The van der Waals surface area contributed by atoms with Crippen molar-refractivity contribution in [1.29, 1.82) is 5.26 Å². The zero-order valence-corrected chi connectivity index (χ0v) is 11.8. The third kappa shape index (κ3) is 1.98. The average Bonchev–Trinajstić information content (AvgIpc) is 2.41. The van der Waals surface area contributed by atoms with Crippen LogP contribution in [0.15, 0.2) is 42.5 Å². The second-order valence-corrected chi connectivity index (χ2v) is 5.73. The van der Waals surface area contributed by atoms with Crippen LogP contribution in [0.2, 0.25) is 0 Å². The fourth-order valence-corrected chi connectivity index (χ4v) is 3.09. The van der Waals surface area contributed by atoms with Crippen molar-refractivity contribution in [1.82, 2.24) is 4.90 Å². The maximum absolute atomic E-state index is 9.57. The smallest absolute Gasteiger partial charge is 0.123 e. The van der Waals surface area contributed by atoms with Crippen LogP contribution in [0.3, 0.4) is 0 Å². The normalized spacial score (nSPS) is 18.5. The Morgan fingerprint density at radius 3 is 2.40 bits per heavy atom. The number of hydrogen-bond acceptors (Lipinski definition) is 3. The van der Waals surface area contributed by atoms with Crippen LogP contribution in [0.4, 0.5) is 0 Å². The van der Waals surface area contributed by atoms with E-state index < -0.39 is 5.41 Å². The Labute approximate surface area is 119 Å². The van der Waals surface area contributed by atoms with Gasteiger partial charge in [0.2, 0.25) is 0 Å². The highest BCUT2D eigenvalue weighted by Gasteiger charge is 2.48. The molecule has 0 aliphatic carbocycles. The second kappa shape index (κ2) is 4.90. The third-order valence-corrected chi connectivity index (χ3v) is 4.07. The van der Waals surface area contributed by atoms with E-state index >= 15 is 0 Å². The molecule has 0 amide bonds. The number of nitrogens with zero attached hydrogens (tertiary/aromatic N) is 2. The maximum atomic E-state index is 9.57. The fraction of sp³-hybridized carbons (Fsp3) is 0.353. The molecule has 1 aliphatic heterocycles. The minimum atomic E-state index is -0.425. The quantitative estimate of drug-likeness (QED) is 0.857. The van der Waals surface area contributed by atoms with E-state index in [4.69, 9.17) is 4.74 Å². The summed E-state index contributed by atoms with van der Waals surface area (Å²) < 4.78 is 5.32. The van der Waals surface area contributed by atoms with E-state index in [0.29, 0.717) is 13.2 Å². The van der Waals surface area contributed by atoms with Crippen LogP contribution in [0, 0.1) is 16.7 Å².